The number of benzene rings is 11. The Bertz CT molecular complexity index is 3280. The lowest BCUT2D eigenvalue weighted by molar-refractivity contribution is 1.59. The molecule has 11 aromatic rings. The standard InChI is InChI=1S/C56H36/c1-2-15-37(16-3-1)42-33-43(49-29-13-21-39-18-5-8-24-46(39)49)35-44(34-42)55-51-26-10-11-27-52(51)56(50-30-14-22-40-19-6-9-25-47(40)50)53-32-31-41(36-54(53)55)48-28-12-20-38-17-4-7-23-45(38)48/h1-36H. The Morgan fingerprint density at radius 1 is 0.179 bits per heavy atom. The first-order valence-corrected chi connectivity index (χ1v) is 19.4. The third-order valence-electron chi connectivity index (χ3n) is 11.6. The first-order chi connectivity index (χ1) is 27.8. The van der Waals surface area contributed by atoms with Crippen molar-refractivity contribution in [1.82, 2.24) is 0 Å². The van der Waals surface area contributed by atoms with Gasteiger partial charge in [0.2, 0.25) is 0 Å². The fraction of sp³-hybridized carbons (Fsp3) is 0. The molecule has 0 heterocycles. The van der Waals surface area contributed by atoms with E-state index in [1.165, 1.54) is 109 Å². The van der Waals surface area contributed by atoms with Gasteiger partial charge in [-0.05, 0) is 134 Å². The topological polar surface area (TPSA) is 0 Å². The van der Waals surface area contributed by atoms with Crippen molar-refractivity contribution in [3.63, 3.8) is 0 Å². The van der Waals surface area contributed by atoms with Crippen LogP contribution in [0.5, 0.6) is 0 Å². The van der Waals surface area contributed by atoms with Gasteiger partial charge < -0.3 is 0 Å². The van der Waals surface area contributed by atoms with E-state index in [2.05, 4.69) is 218 Å². The molecule has 0 nitrogen and oxygen atoms in total. The second-order valence-corrected chi connectivity index (χ2v) is 14.8. The van der Waals surface area contributed by atoms with Gasteiger partial charge in [-0.15, -0.1) is 0 Å². The first-order valence-electron chi connectivity index (χ1n) is 19.4. The summed E-state index contributed by atoms with van der Waals surface area (Å²) >= 11 is 0. The highest BCUT2D eigenvalue weighted by Gasteiger charge is 2.20. The van der Waals surface area contributed by atoms with E-state index in [1.807, 2.05) is 0 Å². The van der Waals surface area contributed by atoms with Crippen LogP contribution < -0.4 is 0 Å². The molecular formula is C56H36. The van der Waals surface area contributed by atoms with Crippen molar-refractivity contribution < 1.29 is 0 Å². The third kappa shape index (κ3) is 5.30. The highest BCUT2D eigenvalue weighted by molar-refractivity contribution is 6.24. The molecule has 0 unspecified atom stereocenters. The molecule has 0 radical (unpaired) electrons. The summed E-state index contributed by atoms with van der Waals surface area (Å²) in [7, 11) is 0. The van der Waals surface area contributed by atoms with Crippen LogP contribution in [0.3, 0.4) is 0 Å². The maximum absolute atomic E-state index is 2.46. The maximum Gasteiger partial charge on any atom is -0.00201 e. The zero-order chi connectivity index (χ0) is 37.0. The van der Waals surface area contributed by atoms with E-state index in [0.717, 1.165) is 0 Å². The van der Waals surface area contributed by atoms with Crippen molar-refractivity contribution in [3.8, 4) is 55.6 Å². The van der Waals surface area contributed by atoms with Gasteiger partial charge in [0.25, 0.3) is 0 Å². The molecule has 0 aliphatic rings. The summed E-state index contributed by atoms with van der Waals surface area (Å²) in [6.45, 7) is 0. The van der Waals surface area contributed by atoms with E-state index in [-0.39, 0.29) is 0 Å². The summed E-state index contributed by atoms with van der Waals surface area (Å²) in [6.07, 6.45) is 0. The normalized spacial score (nSPS) is 11.6. The minimum absolute atomic E-state index is 1.20. The van der Waals surface area contributed by atoms with E-state index in [9.17, 15) is 0 Å². The molecule has 0 amide bonds. The Hall–Kier alpha value is -7.28. The first kappa shape index (κ1) is 32.2. The van der Waals surface area contributed by atoms with Crippen LogP contribution in [-0.2, 0) is 0 Å². The molecule has 0 saturated carbocycles. The van der Waals surface area contributed by atoms with Crippen LogP contribution in [0.2, 0.25) is 0 Å². The summed E-state index contributed by atoms with van der Waals surface area (Å²) in [6, 6.07) is 80.6. The maximum atomic E-state index is 2.46. The molecule has 0 atom stereocenters. The molecular weight excluding hydrogens is 673 g/mol. The van der Waals surface area contributed by atoms with Crippen LogP contribution in [0.15, 0.2) is 218 Å². The number of hydrogen-bond donors (Lipinski definition) is 0. The lowest BCUT2D eigenvalue weighted by Gasteiger charge is -2.21. The van der Waals surface area contributed by atoms with Gasteiger partial charge in [0.05, 0.1) is 0 Å². The van der Waals surface area contributed by atoms with Gasteiger partial charge in [-0.2, -0.15) is 0 Å². The van der Waals surface area contributed by atoms with Crippen LogP contribution in [0, 0.1) is 0 Å². The predicted octanol–water partition coefficient (Wildman–Crippen LogP) is 15.8. The third-order valence-corrected chi connectivity index (χ3v) is 11.6. The fourth-order valence-electron chi connectivity index (χ4n) is 9.07. The molecule has 0 aromatic heterocycles. The second kappa shape index (κ2) is 13.2. The van der Waals surface area contributed by atoms with E-state index in [4.69, 9.17) is 0 Å². The summed E-state index contributed by atoms with van der Waals surface area (Å²) in [4.78, 5) is 0. The molecule has 0 fully saturated rings. The van der Waals surface area contributed by atoms with Crippen molar-refractivity contribution in [3.05, 3.63) is 218 Å². The Morgan fingerprint density at radius 2 is 0.607 bits per heavy atom. The Labute approximate surface area is 326 Å². The van der Waals surface area contributed by atoms with Gasteiger partial charge in [0.1, 0.15) is 0 Å². The van der Waals surface area contributed by atoms with E-state index >= 15 is 0 Å². The average Bonchev–Trinajstić information content (AvgIpc) is 3.27. The van der Waals surface area contributed by atoms with Crippen LogP contribution in [0.25, 0.3) is 109 Å². The molecule has 11 aromatic carbocycles. The van der Waals surface area contributed by atoms with Crippen LogP contribution in [0.4, 0.5) is 0 Å². The van der Waals surface area contributed by atoms with Crippen LogP contribution in [0.1, 0.15) is 0 Å². The minimum atomic E-state index is 1.20. The Kier molecular flexibility index (Phi) is 7.60. The molecule has 0 bridgehead atoms. The van der Waals surface area contributed by atoms with Gasteiger partial charge in [-0.3, -0.25) is 0 Å². The highest BCUT2D eigenvalue weighted by atomic mass is 14.2. The van der Waals surface area contributed by atoms with Crippen molar-refractivity contribution in [1.29, 1.82) is 0 Å². The molecule has 0 N–H and O–H groups in total. The zero-order valence-corrected chi connectivity index (χ0v) is 30.8. The van der Waals surface area contributed by atoms with Crippen molar-refractivity contribution in [2.75, 3.05) is 0 Å². The van der Waals surface area contributed by atoms with E-state index in [0.29, 0.717) is 0 Å². The largest absolute Gasteiger partial charge is 0.0622 e. The monoisotopic (exact) mass is 708 g/mol. The molecule has 260 valence electrons. The lowest BCUT2D eigenvalue weighted by Crippen LogP contribution is -1.94. The smallest absolute Gasteiger partial charge is 0.00201 e. The molecule has 0 saturated heterocycles. The summed E-state index contributed by atoms with van der Waals surface area (Å²) in [5.74, 6) is 0. The molecule has 11 rings (SSSR count). The Morgan fingerprint density at radius 3 is 1.23 bits per heavy atom. The van der Waals surface area contributed by atoms with Crippen LogP contribution in [-0.4, -0.2) is 0 Å². The minimum Gasteiger partial charge on any atom is -0.0622 e. The van der Waals surface area contributed by atoms with Gasteiger partial charge in [-0.1, -0.05) is 194 Å². The summed E-state index contributed by atoms with van der Waals surface area (Å²) < 4.78 is 0. The Balaban J connectivity index is 1.29. The van der Waals surface area contributed by atoms with Gasteiger partial charge >= 0.3 is 0 Å². The average molecular weight is 709 g/mol. The molecule has 56 heavy (non-hydrogen) atoms. The summed E-state index contributed by atoms with van der Waals surface area (Å²) in [5.41, 5.74) is 12.3. The van der Waals surface area contributed by atoms with Crippen molar-refractivity contribution in [2.45, 2.75) is 0 Å². The molecule has 0 aliphatic carbocycles. The van der Waals surface area contributed by atoms with Crippen LogP contribution >= 0.6 is 0 Å². The highest BCUT2D eigenvalue weighted by Crippen LogP contribution is 2.48. The summed E-state index contributed by atoms with van der Waals surface area (Å²) in [5, 5.41) is 12.5. The molecule has 0 spiro atoms. The number of rotatable bonds is 5. The predicted molar refractivity (Wildman–Crippen MR) is 241 cm³/mol. The number of fused-ring (bicyclic) bond motifs is 5. The second-order valence-electron chi connectivity index (χ2n) is 14.8. The zero-order valence-electron chi connectivity index (χ0n) is 30.8. The molecule has 0 heteroatoms. The van der Waals surface area contributed by atoms with Crippen molar-refractivity contribution >= 4 is 53.9 Å². The van der Waals surface area contributed by atoms with Gasteiger partial charge in [0.15, 0.2) is 0 Å². The quantitative estimate of drug-likeness (QED) is 0.156. The lowest BCUT2D eigenvalue weighted by atomic mass is 9.82. The number of hydrogen-bond acceptors (Lipinski definition) is 0. The van der Waals surface area contributed by atoms with E-state index in [1.54, 1.807) is 0 Å². The van der Waals surface area contributed by atoms with Crippen molar-refractivity contribution in [2.24, 2.45) is 0 Å². The SMILES string of the molecule is c1ccc(-c2cc(-c3cccc4ccccc34)cc(-c3c4ccccc4c(-c4cccc5ccccc45)c4ccc(-c5cccc6ccccc56)cc34)c2)cc1. The molecule has 0 aliphatic heterocycles. The van der Waals surface area contributed by atoms with E-state index < -0.39 is 0 Å². The fourth-order valence-corrected chi connectivity index (χ4v) is 9.07. The van der Waals surface area contributed by atoms with Gasteiger partial charge in [0, 0.05) is 0 Å². The van der Waals surface area contributed by atoms with Gasteiger partial charge in [-0.25, -0.2) is 0 Å².